The molecule has 0 aliphatic heterocycles. The molecule has 1 amide bonds. The third-order valence-corrected chi connectivity index (χ3v) is 6.82. The van der Waals surface area contributed by atoms with Crippen molar-refractivity contribution in [2.45, 2.75) is 57.5 Å². The Bertz CT molecular complexity index is 1250. The summed E-state index contributed by atoms with van der Waals surface area (Å²) in [4.78, 5) is 24.7. The Labute approximate surface area is 203 Å². The molecule has 0 fully saturated rings. The van der Waals surface area contributed by atoms with Gasteiger partial charge in [-0.05, 0) is 79.6 Å². The van der Waals surface area contributed by atoms with E-state index in [0.29, 0.717) is 50.0 Å². The lowest BCUT2D eigenvalue weighted by Crippen LogP contribution is -2.39. The normalized spacial score (nSPS) is 15.9. The van der Waals surface area contributed by atoms with E-state index in [1.807, 2.05) is 29.7 Å². The van der Waals surface area contributed by atoms with Gasteiger partial charge in [0.05, 0.1) is 14.2 Å². The number of aliphatic carboxylic acids is 1. The van der Waals surface area contributed by atoms with Gasteiger partial charge in [-0.1, -0.05) is 6.92 Å². The number of benzene rings is 2. The number of amides is 1. The number of aromatic nitrogens is 1. The molecule has 2 N–H and O–H groups in total. The summed E-state index contributed by atoms with van der Waals surface area (Å²) in [5, 5.41) is 13.6. The number of halogens is 1. The summed E-state index contributed by atoms with van der Waals surface area (Å²) < 4.78 is 26.7. The monoisotopic (exact) mass is 482 g/mol. The van der Waals surface area contributed by atoms with Crippen LogP contribution in [0.4, 0.5) is 4.39 Å². The number of carbonyl (C=O) groups is 2. The summed E-state index contributed by atoms with van der Waals surface area (Å²) in [5.41, 5.74) is 3.46. The number of carbonyl (C=O) groups excluding carboxylic acids is 1. The predicted octanol–water partition coefficient (Wildman–Crippen LogP) is 4.44. The fourth-order valence-electron chi connectivity index (χ4n) is 5.14. The molecule has 7 nitrogen and oxygen atoms in total. The Morgan fingerprint density at radius 1 is 1.20 bits per heavy atom. The van der Waals surface area contributed by atoms with Crippen LogP contribution in [0, 0.1) is 5.82 Å². The molecule has 0 saturated heterocycles. The summed E-state index contributed by atoms with van der Waals surface area (Å²) in [7, 11) is 3.19. The highest BCUT2D eigenvalue weighted by molar-refractivity contribution is 5.88. The molecule has 0 radical (unpaired) electrons. The Balaban J connectivity index is 1.52. The van der Waals surface area contributed by atoms with Crippen LogP contribution >= 0.6 is 0 Å². The molecule has 0 bridgehead atoms. The van der Waals surface area contributed by atoms with E-state index < -0.39 is 12.0 Å². The van der Waals surface area contributed by atoms with Gasteiger partial charge in [0.15, 0.2) is 0 Å². The van der Waals surface area contributed by atoms with Crippen LogP contribution in [0.15, 0.2) is 36.4 Å². The van der Waals surface area contributed by atoms with Crippen molar-refractivity contribution >= 4 is 22.8 Å². The highest BCUT2D eigenvalue weighted by Crippen LogP contribution is 2.36. The van der Waals surface area contributed by atoms with Crippen LogP contribution in [0.1, 0.15) is 49.0 Å². The Kier molecular flexibility index (Phi) is 7.28. The number of nitrogens with one attached hydrogen (secondary N) is 1. The van der Waals surface area contributed by atoms with Crippen LogP contribution in [0.2, 0.25) is 0 Å². The number of hydrogen-bond acceptors (Lipinski definition) is 4. The standard InChI is InChI=1S/C27H31FN2O5/c1-4-22(27(32)33)30-23-9-6-17(28)14-20(23)21-15-18(7-10-24(21)30)29-26(31)12-5-16-13-19(34-2)8-11-25(16)35-3/h6,8-9,11,13-14,18,22H,4-5,7,10,12,15H2,1-3H3,(H,29,31)(H,32,33). The summed E-state index contributed by atoms with van der Waals surface area (Å²) >= 11 is 0. The number of fused-ring (bicyclic) bond motifs is 3. The molecule has 8 heteroatoms. The van der Waals surface area contributed by atoms with Gasteiger partial charge in [0.2, 0.25) is 5.91 Å². The first-order valence-electron chi connectivity index (χ1n) is 11.9. The smallest absolute Gasteiger partial charge is 0.326 e. The van der Waals surface area contributed by atoms with Crippen molar-refractivity contribution in [3.8, 4) is 11.5 Å². The molecule has 186 valence electrons. The minimum atomic E-state index is -0.903. The molecule has 35 heavy (non-hydrogen) atoms. The van der Waals surface area contributed by atoms with Crippen LogP contribution in [0.5, 0.6) is 11.5 Å². The third-order valence-electron chi connectivity index (χ3n) is 6.82. The van der Waals surface area contributed by atoms with Crippen molar-refractivity contribution in [1.29, 1.82) is 0 Å². The van der Waals surface area contributed by atoms with Crippen LogP contribution in [-0.2, 0) is 28.9 Å². The SMILES string of the molecule is CCC(C(=O)O)n1c2c(c3cc(F)ccc31)CC(NC(=O)CCc1cc(OC)ccc1OC)CC2. The first-order valence-corrected chi connectivity index (χ1v) is 11.9. The van der Waals surface area contributed by atoms with E-state index >= 15 is 0 Å². The zero-order valence-corrected chi connectivity index (χ0v) is 20.3. The lowest BCUT2D eigenvalue weighted by atomic mass is 9.91. The molecule has 4 rings (SSSR count). The molecular weight excluding hydrogens is 451 g/mol. The van der Waals surface area contributed by atoms with E-state index in [4.69, 9.17) is 9.47 Å². The van der Waals surface area contributed by atoms with Gasteiger partial charge in [0.1, 0.15) is 23.4 Å². The molecule has 0 spiro atoms. The van der Waals surface area contributed by atoms with Crippen molar-refractivity contribution in [3.63, 3.8) is 0 Å². The lowest BCUT2D eigenvalue weighted by Gasteiger charge is -2.26. The van der Waals surface area contributed by atoms with E-state index in [1.54, 1.807) is 20.3 Å². The summed E-state index contributed by atoms with van der Waals surface area (Å²) in [5.74, 6) is 0.0744. The molecule has 2 atom stereocenters. The van der Waals surface area contributed by atoms with Crippen molar-refractivity contribution in [3.05, 3.63) is 59.0 Å². The van der Waals surface area contributed by atoms with E-state index in [0.717, 1.165) is 27.7 Å². The zero-order valence-electron chi connectivity index (χ0n) is 20.3. The van der Waals surface area contributed by atoms with Crippen molar-refractivity contribution in [1.82, 2.24) is 9.88 Å². The number of rotatable bonds is 9. The quantitative estimate of drug-likeness (QED) is 0.471. The second-order valence-electron chi connectivity index (χ2n) is 8.90. The number of hydrogen-bond donors (Lipinski definition) is 2. The minimum absolute atomic E-state index is 0.0739. The van der Waals surface area contributed by atoms with Gasteiger partial charge in [0.25, 0.3) is 0 Å². The summed E-state index contributed by atoms with van der Waals surface area (Å²) in [6.45, 7) is 1.84. The first kappa shape index (κ1) is 24.6. The maximum atomic E-state index is 14.1. The molecule has 2 aromatic carbocycles. The molecule has 2 unspecified atom stereocenters. The topological polar surface area (TPSA) is 89.8 Å². The highest BCUT2D eigenvalue weighted by atomic mass is 19.1. The van der Waals surface area contributed by atoms with E-state index in [-0.39, 0.29) is 17.8 Å². The number of carboxylic acid groups (broad SMARTS) is 1. The zero-order chi connectivity index (χ0) is 25.1. The fraction of sp³-hybridized carbons (Fsp3) is 0.407. The van der Waals surface area contributed by atoms with Crippen molar-refractivity contribution in [2.75, 3.05) is 14.2 Å². The minimum Gasteiger partial charge on any atom is -0.497 e. The van der Waals surface area contributed by atoms with Gasteiger partial charge in [-0.2, -0.15) is 0 Å². The van der Waals surface area contributed by atoms with Crippen LogP contribution in [-0.4, -0.2) is 41.8 Å². The number of aryl methyl sites for hydroxylation is 1. The Morgan fingerprint density at radius 2 is 2.00 bits per heavy atom. The average Bonchev–Trinajstić information content (AvgIpc) is 3.15. The second kappa shape index (κ2) is 10.4. The van der Waals surface area contributed by atoms with Gasteiger partial charge in [0, 0.05) is 29.1 Å². The van der Waals surface area contributed by atoms with Gasteiger partial charge < -0.3 is 24.5 Å². The lowest BCUT2D eigenvalue weighted by molar-refractivity contribution is -0.141. The number of methoxy groups -OCH3 is 2. The molecule has 1 aliphatic rings. The van der Waals surface area contributed by atoms with Crippen LogP contribution in [0.3, 0.4) is 0 Å². The maximum Gasteiger partial charge on any atom is 0.326 e. The van der Waals surface area contributed by atoms with Crippen LogP contribution < -0.4 is 14.8 Å². The van der Waals surface area contributed by atoms with E-state index in [2.05, 4.69) is 5.32 Å². The number of carboxylic acids is 1. The number of nitrogens with zero attached hydrogens (tertiary/aromatic N) is 1. The van der Waals surface area contributed by atoms with Crippen LogP contribution in [0.25, 0.3) is 10.9 Å². The highest BCUT2D eigenvalue weighted by Gasteiger charge is 2.31. The largest absolute Gasteiger partial charge is 0.497 e. The predicted molar refractivity (Wildman–Crippen MR) is 131 cm³/mol. The van der Waals surface area contributed by atoms with Gasteiger partial charge in [-0.25, -0.2) is 9.18 Å². The van der Waals surface area contributed by atoms with E-state index in [9.17, 15) is 19.1 Å². The van der Waals surface area contributed by atoms with E-state index in [1.165, 1.54) is 12.1 Å². The molecule has 1 aromatic heterocycles. The first-order chi connectivity index (χ1) is 16.9. The fourth-order valence-corrected chi connectivity index (χ4v) is 5.14. The molecule has 1 heterocycles. The maximum absolute atomic E-state index is 14.1. The van der Waals surface area contributed by atoms with Crippen molar-refractivity contribution in [2.24, 2.45) is 0 Å². The Morgan fingerprint density at radius 3 is 2.69 bits per heavy atom. The number of ether oxygens (including phenoxy) is 2. The molecule has 1 aliphatic carbocycles. The van der Waals surface area contributed by atoms with Gasteiger partial charge >= 0.3 is 5.97 Å². The average molecular weight is 483 g/mol. The van der Waals surface area contributed by atoms with Gasteiger partial charge in [-0.15, -0.1) is 0 Å². The third kappa shape index (κ3) is 4.97. The molecule has 0 saturated carbocycles. The molecular formula is C27H31FN2O5. The van der Waals surface area contributed by atoms with Gasteiger partial charge in [-0.3, -0.25) is 4.79 Å². The van der Waals surface area contributed by atoms with Crippen molar-refractivity contribution < 1.29 is 28.6 Å². The summed E-state index contributed by atoms with van der Waals surface area (Å²) in [6, 6.07) is 9.19. The second-order valence-corrected chi connectivity index (χ2v) is 8.90. The Hall–Kier alpha value is -3.55. The summed E-state index contributed by atoms with van der Waals surface area (Å²) in [6.07, 6.45) is 3.06. The molecule has 3 aromatic rings.